The molecule has 1 aromatic heterocycles. The number of Topliss-reactive ketones (excluding diaryl/α,β-unsaturated/α-hetero) is 1. The first-order valence-corrected chi connectivity index (χ1v) is 9.95. The summed E-state index contributed by atoms with van der Waals surface area (Å²) < 4.78 is 0. The summed E-state index contributed by atoms with van der Waals surface area (Å²) in [6.45, 7) is 6.54. The van der Waals surface area contributed by atoms with Gasteiger partial charge in [0.15, 0.2) is 0 Å². The molecule has 1 unspecified atom stereocenters. The van der Waals surface area contributed by atoms with Crippen LogP contribution >= 0.6 is 24.8 Å². The fourth-order valence-electron chi connectivity index (χ4n) is 4.07. The second-order valence-electron chi connectivity index (χ2n) is 7.43. The predicted octanol–water partition coefficient (Wildman–Crippen LogP) is 2.49. The van der Waals surface area contributed by atoms with E-state index < -0.39 is 0 Å². The average Bonchev–Trinajstić information content (AvgIpc) is 2.70. The number of piperidine rings is 1. The van der Waals surface area contributed by atoms with E-state index >= 15 is 0 Å². The highest BCUT2D eigenvalue weighted by Crippen LogP contribution is 2.27. The molecule has 2 aliphatic heterocycles. The van der Waals surface area contributed by atoms with Gasteiger partial charge in [0.05, 0.1) is 13.1 Å². The fraction of sp³-hybridized carbons (Fsp3) is 0.650. The Morgan fingerprint density at radius 1 is 1.14 bits per heavy atom. The first-order chi connectivity index (χ1) is 13.1. The number of nitrogens with zero attached hydrogens (tertiary/aromatic N) is 3. The topological polar surface area (TPSA) is 74.8 Å². The highest BCUT2D eigenvalue weighted by atomic mass is 35.5. The van der Waals surface area contributed by atoms with Gasteiger partial charge in [-0.15, -0.1) is 29.9 Å². The third-order valence-electron chi connectivity index (χ3n) is 5.63. The molecule has 0 radical (unpaired) electrons. The van der Waals surface area contributed by atoms with Crippen molar-refractivity contribution in [3.05, 3.63) is 24.5 Å². The lowest BCUT2D eigenvalue weighted by Crippen LogP contribution is -2.47. The van der Waals surface area contributed by atoms with Crippen LogP contribution in [-0.4, -0.2) is 61.1 Å². The first-order valence-electron chi connectivity index (χ1n) is 9.95. The lowest BCUT2D eigenvalue weighted by molar-refractivity contribution is -0.192. The fourth-order valence-corrected chi connectivity index (χ4v) is 4.07. The molecule has 0 saturated carbocycles. The molecule has 164 valence electrons. The van der Waals surface area contributed by atoms with E-state index in [9.17, 15) is 9.59 Å². The summed E-state index contributed by atoms with van der Waals surface area (Å²) in [7, 11) is 0. The maximum absolute atomic E-state index is 12.3. The molecular formula is C20H32Cl2N4O3. The van der Waals surface area contributed by atoms with Crippen molar-refractivity contribution >= 4 is 42.3 Å². The minimum atomic E-state index is -0.229. The van der Waals surface area contributed by atoms with Crippen LogP contribution in [0.4, 0.5) is 5.69 Å². The Kier molecular flexibility index (Phi) is 11.5. The van der Waals surface area contributed by atoms with E-state index in [1.165, 1.54) is 0 Å². The molecular weight excluding hydrogens is 415 g/mol. The number of hydrogen-bond donors (Lipinski definition) is 1. The number of carbonyl (C=O) groups is 2. The summed E-state index contributed by atoms with van der Waals surface area (Å²) in [5.41, 5.74) is 1.14. The molecule has 0 aliphatic carbocycles. The van der Waals surface area contributed by atoms with E-state index in [-0.39, 0.29) is 42.5 Å². The van der Waals surface area contributed by atoms with Crippen molar-refractivity contribution in [1.82, 2.24) is 15.4 Å². The van der Waals surface area contributed by atoms with Gasteiger partial charge < -0.3 is 15.1 Å². The molecule has 3 heterocycles. The lowest BCUT2D eigenvalue weighted by Gasteiger charge is -2.34. The zero-order valence-corrected chi connectivity index (χ0v) is 18.6. The quantitative estimate of drug-likeness (QED) is 0.689. The normalized spacial score (nSPS) is 18.9. The van der Waals surface area contributed by atoms with Crippen molar-refractivity contribution in [2.24, 2.45) is 11.8 Å². The first kappa shape index (κ1) is 25.6. The van der Waals surface area contributed by atoms with Crippen molar-refractivity contribution in [3.63, 3.8) is 0 Å². The second-order valence-corrected chi connectivity index (χ2v) is 7.43. The van der Waals surface area contributed by atoms with Crippen LogP contribution in [0.15, 0.2) is 24.5 Å². The van der Waals surface area contributed by atoms with Gasteiger partial charge in [-0.25, -0.2) is 0 Å². The van der Waals surface area contributed by atoms with Crippen molar-refractivity contribution in [2.45, 2.75) is 32.6 Å². The van der Waals surface area contributed by atoms with E-state index in [0.29, 0.717) is 31.8 Å². The summed E-state index contributed by atoms with van der Waals surface area (Å²) in [6, 6.07) is 3.98. The van der Waals surface area contributed by atoms with E-state index in [2.05, 4.69) is 15.2 Å². The van der Waals surface area contributed by atoms with Gasteiger partial charge in [0.2, 0.25) is 0 Å². The third kappa shape index (κ3) is 7.74. The van der Waals surface area contributed by atoms with Crippen LogP contribution in [0.2, 0.25) is 0 Å². The Morgan fingerprint density at radius 2 is 1.76 bits per heavy atom. The summed E-state index contributed by atoms with van der Waals surface area (Å²) >= 11 is 0. The molecule has 3 rings (SSSR count). The van der Waals surface area contributed by atoms with Gasteiger partial charge in [-0.1, -0.05) is 0 Å². The van der Waals surface area contributed by atoms with Crippen LogP contribution in [0.3, 0.4) is 0 Å². The van der Waals surface area contributed by atoms with Crippen molar-refractivity contribution in [3.8, 4) is 0 Å². The van der Waals surface area contributed by atoms with Crippen molar-refractivity contribution < 1.29 is 14.4 Å². The van der Waals surface area contributed by atoms with Gasteiger partial charge in [0, 0.05) is 43.5 Å². The Morgan fingerprint density at radius 3 is 2.34 bits per heavy atom. The average molecular weight is 447 g/mol. The molecule has 2 aliphatic rings. The van der Waals surface area contributed by atoms with Gasteiger partial charge in [-0.3, -0.25) is 14.6 Å². The molecule has 29 heavy (non-hydrogen) atoms. The number of nitrogens with one attached hydrogen (secondary N) is 1. The largest absolute Gasteiger partial charge is 0.369 e. The second kappa shape index (κ2) is 13.0. The van der Waals surface area contributed by atoms with E-state index in [1.807, 2.05) is 12.1 Å². The Bertz CT molecular complexity index is 621. The smallest absolute Gasteiger partial charge is 0.325 e. The van der Waals surface area contributed by atoms with Gasteiger partial charge >= 0.3 is 5.97 Å². The summed E-state index contributed by atoms with van der Waals surface area (Å²) in [6.07, 6.45) is 6.49. The third-order valence-corrected chi connectivity index (χ3v) is 5.63. The summed E-state index contributed by atoms with van der Waals surface area (Å²) in [5, 5.41) is 5.07. The standard InChI is InChI=1S/C20H30N4O3.2ClH/c1-16(25)19(17-4-8-21-9-5-17)2-3-20(26)27-24-14-12-23(13-15-24)18-6-10-22-11-7-18;;/h6-7,10-11,17,19,21H,2-5,8-9,12-15H2,1H3;2*1H. The van der Waals surface area contributed by atoms with Crippen LogP contribution < -0.4 is 10.2 Å². The zero-order valence-electron chi connectivity index (χ0n) is 16.9. The van der Waals surface area contributed by atoms with Gasteiger partial charge in [0.1, 0.15) is 5.78 Å². The van der Waals surface area contributed by atoms with E-state index in [4.69, 9.17) is 4.84 Å². The monoisotopic (exact) mass is 446 g/mol. The van der Waals surface area contributed by atoms with Crippen LogP contribution in [0, 0.1) is 11.8 Å². The van der Waals surface area contributed by atoms with Crippen molar-refractivity contribution in [1.29, 1.82) is 0 Å². The molecule has 2 fully saturated rings. The number of aromatic nitrogens is 1. The van der Waals surface area contributed by atoms with Gasteiger partial charge in [-0.2, -0.15) is 0 Å². The molecule has 2 saturated heterocycles. The SMILES string of the molecule is CC(=O)C(CCC(=O)ON1CCN(c2ccncc2)CC1)C1CCNCC1.Cl.Cl. The molecule has 9 heteroatoms. The number of halogens is 2. The molecule has 0 aromatic carbocycles. The lowest BCUT2D eigenvalue weighted by atomic mass is 9.80. The highest BCUT2D eigenvalue weighted by Gasteiger charge is 2.28. The number of pyridine rings is 1. The number of rotatable bonds is 7. The number of anilines is 1. The number of piperazine rings is 1. The predicted molar refractivity (Wildman–Crippen MR) is 118 cm³/mol. The van der Waals surface area contributed by atoms with Crippen LogP contribution in [0.5, 0.6) is 0 Å². The minimum Gasteiger partial charge on any atom is -0.369 e. The summed E-state index contributed by atoms with van der Waals surface area (Å²) in [4.78, 5) is 36.1. The highest BCUT2D eigenvalue weighted by molar-refractivity contribution is 5.85. The molecule has 0 spiro atoms. The maximum atomic E-state index is 12.3. The molecule has 7 nitrogen and oxygen atoms in total. The van der Waals surface area contributed by atoms with E-state index in [1.54, 1.807) is 24.4 Å². The Balaban J connectivity index is 0.00000210. The number of hydroxylamine groups is 2. The molecule has 1 atom stereocenters. The number of carbonyl (C=O) groups excluding carboxylic acids is 2. The molecule has 0 amide bonds. The minimum absolute atomic E-state index is 0. The van der Waals surface area contributed by atoms with Gasteiger partial charge in [-0.05, 0) is 57.3 Å². The number of hydrogen-bond acceptors (Lipinski definition) is 7. The van der Waals surface area contributed by atoms with Crippen LogP contribution in [-0.2, 0) is 14.4 Å². The maximum Gasteiger partial charge on any atom is 0.325 e. The molecule has 1 N–H and O–H groups in total. The molecule has 1 aromatic rings. The van der Waals surface area contributed by atoms with Crippen molar-refractivity contribution in [2.75, 3.05) is 44.2 Å². The summed E-state index contributed by atoms with van der Waals surface area (Å²) in [5.74, 6) is 0.330. The van der Waals surface area contributed by atoms with Crippen LogP contribution in [0.25, 0.3) is 0 Å². The van der Waals surface area contributed by atoms with Crippen LogP contribution in [0.1, 0.15) is 32.6 Å². The Labute approximate surface area is 185 Å². The molecule has 0 bridgehead atoms. The zero-order chi connectivity index (χ0) is 19.1. The Hall–Kier alpha value is -1.41. The van der Waals surface area contributed by atoms with E-state index in [0.717, 1.165) is 44.7 Å². The van der Waals surface area contributed by atoms with Gasteiger partial charge in [0.25, 0.3) is 0 Å². The number of ketones is 1.